The molecule has 2 aromatic carbocycles. The summed E-state index contributed by atoms with van der Waals surface area (Å²) in [6.45, 7) is 3.19. The fraction of sp³-hybridized carbons (Fsp3) is 0.296. The molecule has 32 heavy (non-hydrogen) atoms. The number of halogens is 1. The van der Waals surface area contributed by atoms with Gasteiger partial charge in [-0.3, -0.25) is 9.69 Å². The van der Waals surface area contributed by atoms with Crippen LogP contribution in [0.15, 0.2) is 83.5 Å². The third kappa shape index (κ3) is 5.00. The Morgan fingerprint density at radius 2 is 1.84 bits per heavy atom. The molecule has 3 aromatic rings. The second kappa shape index (κ2) is 9.96. The minimum Gasteiger partial charge on any atom is -0.497 e. The van der Waals surface area contributed by atoms with E-state index < -0.39 is 0 Å². The SMILES string of the molecule is COc1ccc([C@@H]2/C=C\CN(Cc3ccco3)[C@@H](C)C(=O)[C@H]2Cc2ccc(F)cc2)cc1. The highest BCUT2D eigenvalue weighted by molar-refractivity contribution is 5.87. The van der Waals surface area contributed by atoms with Crippen molar-refractivity contribution < 1.29 is 18.3 Å². The fourth-order valence-corrected chi connectivity index (χ4v) is 4.38. The van der Waals surface area contributed by atoms with E-state index >= 15 is 0 Å². The van der Waals surface area contributed by atoms with Crippen molar-refractivity contribution in [1.82, 2.24) is 4.90 Å². The Labute approximate surface area is 188 Å². The number of benzene rings is 2. The van der Waals surface area contributed by atoms with Crippen LogP contribution < -0.4 is 4.74 Å². The predicted molar refractivity (Wildman–Crippen MR) is 122 cm³/mol. The zero-order chi connectivity index (χ0) is 22.5. The Hall–Kier alpha value is -3.18. The van der Waals surface area contributed by atoms with Crippen molar-refractivity contribution in [2.45, 2.75) is 31.8 Å². The van der Waals surface area contributed by atoms with Gasteiger partial charge >= 0.3 is 0 Å². The first-order valence-corrected chi connectivity index (χ1v) is 10.9. The monoisotopic (exact) mass is 433 g/mol. The van der Waals surface area contributed by atoms with Crippen molar-refractivity contribution in [2.75, 3.05) is 13.7 Å². The fourth-order valence-electron chi connectivity index (χ4n) is 4.38. The molecule has 0 spiro atoms. The summed E-state index contributed by atoms with van der Waals surface area (Å²) in [6.07, 6.45) is 6.46. The molecule has 166 valence electrons. The van der Waals surface area contributed by atoms with E-state index in [1.54, 1.807) is 25.5 Å². The van der Waals surface area contributed by atoms with E-state index in [1.165, 1.54) is 12.1 Å². The van der Waals surface area contributed by atoms with Crippen LogP contribution >= 0.6 is 0 Å². The van der Waals surface area contributed by atoms with Crippen molar-refractivity contribution in [3.8, 4) is 5.75 Å². The Kier molecular flexibility index (Phi) is 6.86. The summed E-state index contributed by atoms with van der Waals surface area (Å²) in [4.78, 5) is 15.9. The third-order valence-electron chi connectivity index (χ3n) is 6.25. The summed E-state index contributed by atoms with van der Waals surface area (Å²) in [5.41, 5.74) is 2.01. The van der Waals surface area contributed by atoms with Crippen molar-refractivity contribution in [3.63, 3.8) is 0 Å². The number of ketones is 1. The number of furan rings is 1. The summed E-state index contributed by atoms with van der Waals surface area (Å²) < 4.78 is 24.3. The smallest absolute Gasteiger partial charge is 0.154 e. The largest absolute Gasteiger partial charge is 0.497 e. The van der Waals surface area contributed by atoms with E-state index in [4.69, 9.17) is 9.15 Å². The Balaban J connectivity index is 1.67. The number of carbonyl (C=O) groups excluding carboxylic acids is 1. The number of hydrogen-bond donors (Lipinski definition) is 0. The molecule has 2 heterocycles. The Bertz CT molecular complexity index is 1040. The van der Waals surface area contributed by atoms with Gasteiger partial charge in [-0.05, 0) is 60.9 Å². The van der Waals surface area contributed by atoms with E-state index in [0.29, 0.717) is 19.5 Å². The van der Waals surface area contributed by atoms with Gasteiger partial charge in [-0.1, -0.05) is 36.4 Å². The molecule has 5 heteroatoms. The van der Waals surface area contributed by atoms with Gasteiger partial charge in [0.25, 0.3) is 0 Å². The van der Waals surface area contributed by atoms with Gasteiger partial charge in [0.2, 0.25) is 0 Å². The minimum absolute atomic E-state index is 0.0772. The second-order valence-electron chi connectivity index (χ2n) is 8.25. The quantitative estimate of drug-likeness (QED) is 0.488. The lowest BCUT2D eigenvalue weighted by molar-refractivity contribution is -0.128. The average molecular weight is 434 g/mol. The van der Waals surface area contributed by atoms with Gasteiger partial charge in [-0.25, -0.2) is 4.39 Å². The number of allylic oxidation sites excluding steroid dienone is 1. The molecule has 1 aliphatic rings. The molecule has 4 rings (SSSR count). The highest BCUT2D eigenvalue weighted by Crippen LogP contribution is 2.34. The van der Waals surface area contributed by atoms with E-state index in [9.17, 15) is 9.18 Å². The van der Waals surface area contributed by atoms with Crippen LogP contribution in [-0.2, 0) is 17.8 Å². The maximum absolute atomic E-state index is 13.8. The first-order valence-electron chi connectivity index (χ1n) is 10.9. The number of rotatable bonds is 6. The predicted octanol–water partition coefficient (Wildman–Crippen LogP) is 5.40. The zero-order valence-electron chi connectivity index (χ0n) is 18.4. The summed E-state index contributed by atoms with van der Waals surface area (Å²) in [6, 6.07) is 17.8. The van der Waals surface area contributed by atoms with Gasteiger partial charge in [-0.2, -0.15) is 0 Å². The standard InChI is InChI=1S/C27H28FNO3/c1-19-27(30)26(17-20-7-11-22(28)12-8-20)25(21-9-13-23(31-2)14-10-21)6-3-15-29(19)18-24-5-4-16-32-24/h3-14,16,19,25-26H,15,17-18H2,1-2H3/b6-3-/t19-,25-,26-/m0/s1. The van der Waals surface area contributed by atoms with Crippen molar-refractivity contribution in [1.29, 1.82) is 0 Å². The Morgan fingerprint density at radius 3 is 2.50 bits per heavy atom. The molecule has 0 saturated heterocycles. The number of nitrogens with zero attached hydrogens (tertiary/aromatic N) is 1. The first-order chi connectivity index (χ1) is 15.5. The van der Waals surface area contributed by atoms with Crippen LogP contribution in [0.25, 0.3) is 0 Å². The molecular formula is C27H28FNO3. The first kappa shape index (κ1) is 22.0. The topological polar surface area (TPSA) is 42.7 Å². The Morgan fingerprint density at radius 1 is 1.09 bits per heavy atom. The molecular weight excluding hydrogens is 405 g/mol. The van der Waals surface area contributed by atoms with Gasteiger partial charge in [0.05, 0.1) is 26.0 Å². The molecule has 0 aliphatic carbocycles. The molecule has 1 aromatic heterocycles. The third-order valence-corrected chi connectivity index (χ3v) is 6.25. The highest BCUT2D eigenvalue weighted by Gasteiger charge is 2.35. The second-order valence-corrected chi connectivity index (χ2v) is 8.25. The molecule has 4 nitrogen and oxygen atoms in total. The van der Waals surface area contributed by atoms with Crippen LogP contribution in [0.4, 0.5) is 4.39 Å². The van der Waals surface area contributed by atoms with Crippen LogP contribution in [0.3, 0.4) is 0 Å². The summed E-state index contributed by atoms with van der Waals surface area (Å²) in [5.74, 6) is 1.16. The van der Waals surface area contributed by atoms with E-state index in [-0.39, 0.29) is 29.5 Å². The van der Waals surface area contributed by atoms with E-state index in [2.05, 4.69) is 17.1 Å². The van der Waals surface area contributed by atoms with Crippen LogP contribution in [0, 0.1) is 11.7 Å². The lowest BCUT2D eigenvalue weighted by atomic mass is 9.76. The minimum atomic E-state index is -0.281. The van der Waals surface area contributed by atoms with Crippen molar-refractivity contribution in [3.05, 3.63) is 102 Å². The average Bonchev–Trinajstić information content (AvgIpc) is 3.33. The van der Waals surface area contributed by atoms with Crippen LogP contribution in [0.2, 0.25) is 0 Å². The summed E-state index contributed by atoms with van der Waals surface area (Å²) >= 11 is 0. The van der Waals surface area contributed by atoms with Crippen LogP contribution in [0.5, 0.6) is 5.75 Å². The molecule has 0 bridgehead atoms. The maximum Gasteiger partial charge on any atom is 0.154 e. The normalized spacial score (nSPS) is 22.8. The molecule has 0 N–H and O–H groups in total. The lowest BCUT2D eigenvalue weighted by Crippen LogP contribution is -2.44. The van der Waals surface area contributed by atoms with E-state index in [1.807, 2.05) is 43.3 Å². The number of carbonyl (C=O) groups is 1. The zero-order valence-corrected chi connectivity index (χ0v) is 18.4. The van der Waals surface area contributed by atoms with Crippen LogP contribution in [-0.4, -0.2) is 30.4 Å². The van der Waals surface area contributed by atoms with Gasteiger partial charge in [-0.15, -0.1) is 0 Å². The molecule has 0 fully saturated rings. The molecule has 0 radical (unpaired) electrons. The van der Waals surface area contributed by atoms with Gasteiger partial charge in [0, 0.05) is 18.4 Å². The molecule has 0 saturated carbocycles. The molecule has 0 amide bonds. The summed E-state index contributed by atoms with van der Waals surface area (Å²) in [7, 11) is 1.64. The van der Waals surface area contributed by atoms with Gasteiger partial charge in [0.15, 0.2) is 5.78 Å². The number of hydrogen-bond acceptors (Lipinski definition) is 4. The lowest BCUT2D eigenvalue weighted by Gasteiger charge is -2.34. The van der Waals surface area contributed by atoms with Crippen molar-refractivity contribution >= 4 is 5.78 Å². The van der Waals surface area contributed by atoms with Gasteiger partial charge in [0.1, 0.15) is 17.3 Å². The molecule has 1 aliphatic heterocycles. The maximum atomic E-state index is 13.8. The van der Waals surface area contributed by atoms with Gasteiger partial charge < -0.3 is 9.15 Å². The summed E-state index contributed by atoms with van der Waals surface area (Å²) in [5, 5.41) is 0. The molecule has 0 unspecified atom stereocenters. The number of ether oxygens (including phenoxy) is 1. The van der Waals surface area contributed by atoms with E-state index in [0.717, 1.165) is 22.6 Å². The molecule has 3 atom stereocenters. The number of Topliss-reactive ketones (excluding diaryl/α,β-unsaturated/α-hetero) is 1. The number of methoxy groups -OCH3 is 1. The van der Waals surface area contributed by atoms with Crippen molar-refractivity contribution in [2.24, 2.45) is 5.92 Å². The highest BCUT2D eigenvalue weighted by atomic mass is 19.1. The van der Waals surface area contributed by atoms with Crippen LogP contribution in [0.1, 0.15) is 29.7 Å².